The van der Waals surface area contributed by atoms with Crippen LogP contribution in [0, 0.1) is 19.7 Å². The molecule has 0 radical (unpaired) electrons. The highest BCUT2D eigenvalue weighted by Crippen LogP contribution is 2.34. The zero-order valence-electron chi connectivity index (χ0n) is 17.6. The number of carbonyl (C=O) groups excluding carboxylic acids is 3. The van der Waals surface area contributed by atoms with E-state index in [1.54, 1.807) is 19.9 Å². The van der Waals surface area contributed by atoms with Gasteiger partial charge in [-0.1, -0.05) is 0 Å². The molecule has 1 aliphatic rings. The van der Waals surface area contributed by atoms with Gasteiger partial charge < -0.3 is 25.7 Å². The Morgan fingerprint density at radius 2 is 1.97 bits per heavy atom. The van der Waals surface area contributed by atoms with Crippen molar-refractivity contribution in [2.75, 3.05) is 32.1 Å². The highest BCUT2D eigenvalue weighted by atomic mass is 19.1. The first-order valence-electron chi connectivity index (χ1n) is 9.89. The maximum Gasteiger partial charge on any atom is 0.306 e. The van der Waals surface area contributed by atoms with Gasteiger partial charge in [-0.15, -0.1) is 0 Å². The number of amides is 2. The molecule has 2 amide bonds. The monoisotopic (exact) mass is 428 g/mol. The molecule has 9 heteroatoms. The Balaban J connectivity index is 1.68. The summed E-state index contributed by atoms with van der Waals surface area (Å²) in [6.07, 6.45) is 1.90. The lowest BCUT2D eigenvalue weighted by Crippen LogP contribution is -2.33. The van der Waals surface area contributed by atoms with Crippen LogP contribution in [0.2, 0.25) is 0 Å². The molecule has 0 atom stereocenters. The highest BCUT2D eigenvalue weighted by molar-refractivity contribution is 6.34. The second kappa shape index (κ2) is 9.57. The molecular formula is C22H25FN4O4. The van der Waals surface area contributed by atoms with E-state index in [9.17, 15) is 18.8 Å². The number of fused-ring (bicyclic) bond motifs is 1. The summed E-state index contributed by atoms with van der Waals surface area (Å²) in [5, 5.41) is 8.60. The summed E-state index contributed by atoms with van der Waals surface area (Å²) < 4.78 is 18.2. The van der Waals surface area contributed by atoms with Crippen LogP contribution < -0.4 is 16.0 Å². The molecule has 0 saturated heterocycles. The van der Waals surface area contributed by atoms with Crippen molar-refractivity contribution >= 4 is 35.1 Å². The van der Waals surface area contributed by atoms with Crippen LogP contribution in [-0.4, -0.2) is 49.5 Å². The second-order valence-corrected chi connectivity index (χ2v) is 7.20. The largest absolute Gasteiger partial charge is 0.469 e. The van der Waals surface area contributed by atoms with E-state index in [2.05, 4.69) is 25.7 Å². The zero-order valence-corrected chi connectivity index (χ0v) is 17.6. The minimum absolute atomic E-state index is 0.243. The van der Waals surface area contributed by atoms with Crippen LogP contribution >= 0.6 is 0 Å². The molecule has 1 aromatic carbocycles. The number of aromatic amines is 1. The van der Waals surface area contributed by atoms with E-state index in [1.165, 1.54) is 25.3 Å². The number of esters is 1. The van der Waals surface area contributed by atoms with E-state index >= 15 is 0 Å². The van der Waals surface area contributed by atoms with Crippen LogP contribution in [0.25, 0.3) is 11.6 Å². The van der Waals surface area contributed by atoms with Crippen LogP contribution in [0.3, 0.4) is 0 Å². The van der Waals surface area contributed by atoms with Crippen molar-refractivity contribution in [2.24, 2.45) is 0 Å². The van der Waals surface area contributed by atoms with Crippen LogP contribution in [0.1, 0.15) is 39.3 Å². The third kappa shape index (κ3) is 5.00. The van der Waals surface area contributed by atoms with Crippen molar-refractivity contribution in [3.8, 4) is 0 Å². The summed E-state index contributed by atoms with van der Waals surface area (Å²) in [6, 6.07) is 4.12. The Labute approximate surface area is 179 Å². The molecule has 0 saturated carbocycles. The fraction of sp³-hybridized carbons (Fsp3) is 0.318. The summed E-state index contributed by atoms with van der Waals surface area (Å²) in [7, 11) is 1.34. The van der Waals surface area contributed by atoms with Gasteiger partial charge in [0, 0.05) is 42.3 Å². The average molecular weight is 428 g/mol. The van der Waals surface area contributed by atoms with Gasteiger partial charge in [-0.05, 0) is 43.7 Å². The number of benzene rings is 1. The summed E-state index contributed by atoms with van der Waals surface area (Å²) in [6.45, 7) is 4.92. The zero-order chi connectivity index (χ0) is 22.5. The Bertz CT molecular complexity index is 1060. The van der Waals surface area contributed by atoms with Gasteiger partial charge in [-0.25, -0.2) is 4.39 Å². The molecule has 1 aliphatic heterocycles. The van der Waals surface area contributed by atoms with Gasteiger partial charge >= 0.3 is 5.97 Å². The number of nitrogens with one attached hydrogen (secondary N) is 4. The number of ether oxygens (including phenoxy) is 1. The molecule has 2 aromatic rings. The topological polar surface area (TPSA) is 112 Å². The average Bonchev–Trinajstić information content (AvgIpc) is 3.19. The molecule has 1 aromatic heterocycles. The quantitative estimate of drug-likeness (QED) is 0.292. The summed E-state index contributed by atoms with van der Waals surface area (Å²) >= 11 is 0. The van der Waals surface area contributed by atoms with Crippen LogP contribution in [0.15, 0.2) is 18.2 Å². The smallest absolute Gasteiger partial charge is 0.306 e. The lowest BCUT2D eigenvalue weighted by molar-refractivity contribution is -0.140. The van der Waals surface area contributed by atoms with E-state index in [1.807, 2.05) is 0 Å². The molecule has 0 fully saturated rings. The first-order chi connectivity index (χ1) is 14.8. The molecule has 164 valence electrons. The van der Waals surface area contributed by atoms with E-state index in [0.717, 1.165) is 0 Å². The number of rotatable bonds is 8. The second-order valence-electron chi connectivity index (χ2n) is 7.20. The van der Waals surface area contributed by atoms with E-state index in [-0.39, 0.29) is 24.2 Å². The summed E-state index contributed by atoms with van der Waals surface area (Å²) in [4.78, 5) is 39.2. The third-order valence-corrected chi connectivity index (χ3v) is 5.08. The number of aromatic nitrogens is 1. The van der Waals surface area contributed by atoms with Gasteiger partial charge in [0.25, 0.3) is 11.8 Å². The first kappa shape index (κ1) is 22.2. The van der Waals surface area contributed by atoms with Gasteiger partial charge in [0.2, 0.25) is 0 Å². The molecule has 0 aliphatic carbocycles. The van der Waals surface area contributed by atoms with Crippen LogP contribution in [-0.2, 0) is 14.3 Å². The molecule has 0 spiro atoms. The van der Waals surface area contributed by atoms with Gasteiger partial charge in [0.05, 0.1) is 24.7 Å². The molecule has 31 heavy (non-hydrogen) atoms. The van der Waals surface area contributed by atoms with Crippen molar-refractivity contribution in [1.82, 2.24) is 15.6 Å². The van der Waals surface area contributed by atoms with Crippen molar-refractivity contribution in [2.45, 2.75) is 20.3 Å². The molecule has 4 N–H and O–H groups in total. The number of hydrogen-bond acceptors (Lipinski definition) is 5. The summed E-state index contributed by atoms with van der Waals surface area (Å²) in [5.74, 6) is -1.29. The molecule has 3 rings (SSSR count). The number of carbonyl (C=O) groups is 3. The number of halogens is 1. The van der Waals surface area contributed by atoms with E-state index in [4.69, 9.17) is 0 Å². The SMILES string of the molecule is COC(=O)CCNCCNC(=O)c1c(C)[nH]c(/C=C2\C(=O)Nc3ccc(F)cc32)c1C. The standard InChI is InChI=1S/C22H25FN4O4/c1-12-18(11-16-15-10-14(23)4-5-17(15)27-21(16)29)26-13(2)20(12)22(30)25-9-8-24-7-6-19(28)31-3/h4-5,10-11,24,26H,6-9H2,1-3H3,(H,25,30)(H,27,29)/b16-11-. The number of H-pyrrole nitrogens is 1. The van der Waals surface area contributed by atoms with Crippen molar-refractivity contribution < 1.29 is 23.5 Å². The molecular weight excluding hydrogens is 403 g/mol. The summed E-state index contributed by atoms with van der Waals surface area (Å²) in [5.41, 5.74) is 3.84. The molecule has 8 nitrogen and oxygen atoms in total. The predicted molar refractivity (Wildman–Crippen MR) is 115 cm³/mol. The van der Waals surface area contributed by atoms with Crippen molar-refractivity contribution in [3.05, 3.63) is 52.1 Å². The van der Waals surface area contributed by atoms with Gasteiger partial charge in [0.1, 0.15) is 5.82 Å². The maximum absolute atomic E-state index is 13.7. The normalized spacial score (nSPS) is 13.8. The number of hydrogen-bond donors (Lipinski definition) is 4. The Morgan fingerprint density at radius 3 is 2.71 bits per heavy atom. The minimum Gasteiger partial charge on any atom is -0.469 e. The number of methoxy groups -OCH3 is 1. The third-order valence-electron chi connectivity index (χ3n) is 5.08. The molecule has 0 unspecified atom stereocenters. The first-order valence-corrected chi connectivity index (χ1v) is 9.89. The molecule has 0 bridgehead atoms. The Morgan fingerprint density at radius 1 is 1.19 bits per heavy atom. The van der Waals surface area contributed by atoms with Gasteiger partial charge in [0.15, 0.2) is 0 Å². The lowest BCUT2D eigenvalue weighted by atomic mass is 10.0. The van der Waals surface area contributed by atoms with Crippen LogP contribution in [0.4, 0.5) is 10.1 Å². The van der Waals surface area contributed by atoms with Crippen LogP contribution in [0.5, 0.6) is 0 Å². The Kier molecular flexibility index (Phi) is 6.86. The van der Waals surface area contributed by atoms with Gasteiger partial charge in [-0.2, -0.15) is 0 Å². The van der Waals surface area contributed by atoms with E-state index in [0.29, 0.717) is 59.0 Å². The highest BCUT2D eigenvalue weighted by Gasteiger charge is 2.26. The van der Waals surface area contributed by atoms with Crippen molar-refractivity contribution in [3.63, 3.8) is 0 Å². The lowest BCUT2D eigenvalue weighted by Gasteiger charge is -2.07. The number of anilines is 1. The minimum atomic E-state index is -0.430. The number of aryl methyl sites for hydroxylation is 1. The fourth-order valence-electron chi connectivity index (χ4n) is 3.48. The van der Waals surface area contributed by atoms with E-state index < -0.39 is 5.82 Å². The fourth-order valence-corrected chi connectivity index (χ4v) is 3.48. The Hall–Kier alpha value is -3.46. The van der Waals surface area contributed by atoms with Crippen molar-refractivity contribution in [1.29, 1.82) is 0 Å². The predicted octanol–water partition coefficient (Wildman–Crippen LogP) is 2.15. The van der Waals surface area contributed by atoms with Gasteiger partial charge in [-0.3, -0.25) is 14.4 Å². The maximum atomic E-state index is 13.7. The molecule has 2 heterocycles.